The van der Waals surface area contributed by atoms with Crippen molar-refractivity contribution in [2.45, 2.75) is 12.1 Å². The summed E-state index contributed by atoms with van der Waals surface area (Å²) >= 11 is 1.38. The summed E-state index contributed by atoms with van der Waals surface area (Å²) in [4.78, 5) is 12.6. The molecule has 152 valence electrons. The number of ether oxygens (including phenoxy) is 1. The monoisotopic (exact) mass is 418 g/mol. The highest BCUT2D eigenvalue weighted by atomic mass is 32.2. The van der Waals surface area contributed by atoms with Gasteiger partial charge >= 0.3 is 0 Å². The number of carbonyl (C=O) groups is 1. The largest absolute Gasteiger partial charge is 0.494 e. The molecule has 0 aliphatic rings. The van der Waals surface area contributed by atoms with Gasteiger partial charge in [-0.2, -0.15) is 0 Å². The van der Waals surface area contributed by atoms with E-state index in [1.165, 1.54) is 11.8 Å². The van der Waals surface area contributed by atoms with Gasteiger partial charge in [0.2, 0.25) is 0 Å². The zero-order chi connectivity index (χ0) is 20.9. The van der Waals surface area contributed by atoms with E-state index in [-0.39, 0.29) is 11.5 Å². The van der Waals surface area contributed by atoms with E-state index in [2.05, 4.69) is 10.2 Å². The molecule has 0 saturated heterocycles. The summed E-state index contributed by atoms with van der Waals surface area (Å²) < 4.78 is 9.37. The Hall–Kier alpha value is -3.32. The quantitative estimate of drug-likeness (QED) is 0.308. The Bertz CT molecular complexity index is 1130. The summed E-state index contributed by atoms with van der Waals surface area (Å²) in [6.45, 7) is 2.57. The van der Waals surface area contributed by atoms with Crippen molar-refractivity contribution in [2.24, 2.45) is 7.05 Å². The highest BCUT2D eigenvalue weighted by Gasteiger charge is 2.18. The summed E-state index contributed by atoms with van der Waals surface area (Å²) in [6.07, 6.45) is 1.87. The number of hydrogen-bond acceptors (Lipinski definition) is 5. The predicted octanol–water partition coefficient (Wildman–Crippen LogP) is 4.65. The van der Waals surface area contributed by atoms with Gasteiger partial charge < -0.3 is 9.30 Å². The van der Waals surface area contributed by atoms with Crippen LogP contribution in [0.5, 0.6) is 5.75 Å². The van der Waals surface area contributed by atoms with Gasteiger partial charge in [0.05, 0.1) is 18.1 Å². The third-order valence-corrected chi connectivity index (χ3v) is 5.56. The van der Waals surface area contributed by atoms with Gasteiger partial charge in [-0.1, -0.05) is 42.1 Å². The zero-order valence-corrected chi connectivity index (χ0v) is 17.7. The molecule has 0 amide bonds. The van der Waals surface area contributed by atoms with E-state index in [1.54, 1.807) is 0 Å². The number of nitrogens with zero attached hydrogens (tertiary/aromatic N) is 4. The number of hydrogen-bond donors (Lipinski definition) is 0. The van der Waals surface area contributed by atoms with Gasteiger partial charge in [-0.15, -0.1) is 10.2 Å². The van der Waals surface area contributed by atoms with Crippen LogP contribution >= 0.6 is 11.8 Å². The second kappa shape index (κ2) is 9.00. The molecule has 2 aromatic carbocycles. The first kappa shape index (κ1) is 20.0. The molecule has 0 aliphatic carbocycles. The summed E-state index contributed by atoms with van der Waals surface area (Å²) in [5.41, 5.74) is 2.55. The highest BCUT2D eigenvalue weighted by Crippen LogP contribution is 2.29. The molecule has 6 nitrogen and oxygen atoms in total. The number of carbonyl (C=O) groups excluding carboxylic acids is 1. The Kier molecular flexibility index (Phi) is 5.99. The first-order chi connectivity index (χ1) is 14.7. The molecule has 2 aromatic heterocycles. The summed E-state index contributed by atoms with van der Waals surface area (Å²) in [5.74, 6) is 1.87. The Morgan fingerprint density at radius 3 is 2.43 bits per heavy atom. The number of ketones is 1. The topological polar surface area (TPSA) is 61.9 Å². The number of benzene rings is 2. The molecule has 0 unspecified atom stereocenters. The smallest absolute Gasteiger partial charge is 0.196 e. The van der Waals surface area contributed by atoms with Gasteiger partial charge in [-0.25, -0.2) is 0 Å². The van der Waals surface area contributed by atoms with Crippen molar-refractivity contribution in [3.05, 3.63) is 78.6 Å². The minimum absolute atomic E-state index is 0.0509. The molecule has 0 spiro atoms. The standard InChI is InChI=1S/C23H22N4O2S/c1-3-29-19-13-11-18(12-14-19)27-22(17-8-5-4-6-9-17)24-25-23(27)30-16-21(28)20-10-7-15-26(20)2/h4-15H,3,16H2,1-2H3. The van der Waals surface area contributed by atoms with Gasteiger partial charge in [0, 0.05) is 24.5 Å². The lowest BCUT2D eigenvalue weighted by Gasteiger charge is -2.11. The van der Waals surface area contributed by atoms with Gasteiger partial charge in [0.25, 0.3) is 0 Å². The fourth-order valence-electron chi connectivity index (χ4n) is 3.18. The SMILES string of the molecule is CCOc1ccc(-n2c(SCC(=O)c3cccn3C)nnc2-c2ccccc2)cc1. The van der Waals surface area contributed by atoms with Crippen molar-refractivity contribution in [3.8, 4) is 22.8 Å². The van der Waals surface area contributed by atoms with Crippen molar-refractivity contribution in [3.63, 3.8) is 0 Å². The zero-order valence-electron chi connectivity index (χ0n) is 16.9. The average Bonchev–Trinajstić information content (AvgIpc) is 3.40. The van der Waals surface area contributed by atoms with Crippen molar-refractivity contribution in [1.82, 2.24) is 19.3 Å². The molecule has 4 aromatic rings. The number of aromatic nitrogens is 4. The molecule has 2 heterocycles. The molecule has 7 heteroatoms. The molecule has 4 rings (SSSR count). The van der Waals surface area contributed by atoms with Crippen LogP contribution in [0.15, 0.2) is 78.1 Å². The van der Waals surface area contributed by atoms with E-state index in [9.17, 15) is 4.79 Å². The molecule has 0 radical (unpaired) electrons. The van der Waals surface area contributed by atoms with Gasteiger partial charge in [0.1, 0.15) is 5.75 Å². The summed E-state index contributed by atoms with van der Waals surface area (Å²) in [7, 11) is 1.87. The second-order valence-corrected chi connectivity index (χ2v) is 7.59. The van der Waals surface area contributed by atoms with Crippen LogP contribution in [0.2, 0.25) is 0 Å². The van der Waals surface area contributed by atoms with Crippen molar-refractivity contribution in [2.75, 3.05) is 12.4 Å². The number of rotatable bonds is 8. The Balaban J connectivity index is 1.67. The molecule has 0 aliphatic heterocycles. The molecule has 0 saturated carbocycles. The van der Waals surface area contributed by atoms with Crippen LogP contribution in [0.4, 0.5) is 0 Å². The maximum atomic E-state index is 12.6. The fourth-order valence-corrected chi connectivity index (χ4v) is 4.01. The summed E-state index contributed by atoms with van der Waals surface area (Å²) in [6, 6.07) is 21.4. The van der Waals surface area contributed by atoms with Crippen LogP contribution in [-0.2, 0) is 7.05 Å². The molecule has 0 fully saturated rings. The van der Waals surface area contributed by atoms with Crippen LogP contribution in [0.1, 0.15) is 17.4 Å². The number of aryl methyl sites for hydroxylation is 1. The average molecular weight is 419 g/mol. The fraction of sp³-hybridized carbons (Fsp3) is 0.174. The van der Waals surface area contributed by atoms with Crippen molar-refractivity contribution < 1.29 is 9.53 Å². The van der Waals surface area contributed by atoms with E-state index in [4.69, 9.17) is 4.74 Å². The Morgan fingerprint density at radius 2 is 1.77 bits per heavy atom. The van der Waals surface area contributed by atoms with E-state index in [1.807, 2.05) is 96.0 Å². The summed E-state index contributed by atoms with van der Waals surface area (Å²) in [5, 5.41) is 9.48. The van der Waals surface area contributed by atoms with Crippen LogP contribution in [0, 0.1) is 0 Å². The molecule has 30 heavy (non-hydrogen) atoms. The lowest BCUT2D eigenvalue weighted by atomic mass is 10.2. The molecular formula is C23H22N4O2S. The number of Topliss-reactive ketones (excluding diaryl/α,β-unsaturated/α-hetero) is 1. The maximum Gasteiger partial charge on any atom is 0.196 e. The molecular weight excluding hydrogens is 396 g/mol. The van der Waals surface area contributed by atoms with Crippen molar-refractivity contribution in [1.29, 1.82) is 0 Å². The van der Waals surface area contributed by atoms with E-state index in [0.29, 0.717) is 17.5 Å². The third kappa shape index (κ3) is 4.16. The van der Waals surface area contributed by atoms with Crippen LogP contribution in [0.3, 0.4) is 0 Å². The van der Waals surface area contributed by atoms with Crippen LogP contribution < -0.4 is 4.74 Å². The number of thioether (sulfide) groups is 1. The Morgan fingerprint density at radius 1 is 1.00 bits per heavy atom. The lowest BCUT2D eigenvalue weighted by Crippen LogP contribution is -2.09. The maximum absolute atomic E-state index is 12.6. The second-order valence-electron chi connectivity index (χ2n) is 6.65. The molecule has 0 N–H and O–H groups in total. The molecule has 0 bridgehead atoms. The first-order valence-electron chi connectivity index (χ1n) is 9.68. The third-order valence-electron chi connectivity index (χ3n) is 4.63. The van der Waals surface area contributed by atoms with Gasteiger partial charge in [0.15, 0.2) is 16.8 Å². The predicted molar refractivity (Wildman–Crippen MR) is 118 cm³/mol. The normalized spacial score (nSPS) is 10.9. The Labute approximate surface area is 179 Å². The first-order valence-corrected chi connectivity index (χ1v) is 10.7. The minimum Gasteiger partial charge on any atom is -0.494 e. The minimum atomic E-state index is 0.0509. The van der Waals surface area contributed by atoms with E-state index in [0.717, 1.165) is 22.8 Å². The van der Waals surface area contributed by atoms with Crippen molar-refractivity contribution >= 4 is 17.5 Å². The van der Waals surface area contributed by atoms with E-state index >= 15 is 0 Å². The lowest BCUT2D eigenvalue weighted by molar-refractivity contribution is 0.101. The molecule has 0 atom stereocenters. The van der Waals surface area contributed by atoms with Gasteiger partial charge in [-0.3, -0.25) is 9.36 Å². The van der Waals surface area contributed by atoms with Crippen LogP contribution in [-0.4, -0.2) is 37.5 Å². The van der Waals surface area contributed by atoms with Crippen LogP contribution in [0.25, 0.3) is 17.1 Å². The highest BCUT2D eigenvalue weighted by molar-refractivity contribution is 7.99. The van der Waals surface area contributed by atoms with E-state index < -0.39 is 0 Å². The van der Waals surface area contributed by atoms with Gasteiger partial charge in [-0.05, 0) is 43.3 Å².